The molecule has 18 heteroatoms. The number of hydrogen-bond donors (Lipinski definition) is 2. The molecule has 0 saturated carbocycles. The molecule has 0 bridgehead atoms. The van der Waals surface area contributed by atoms with E-state index in [4.69, 9.17) is 11.6 Å². The third-order valence-electron chi connectivity index (χ3n) is 5.44. The van der Waals surface area contributed by atoms with Crippen molar-refractivity contribution < 1.29 is 62.6 Å². The molecule has 1 aromatic heterocycles. The molecule has 2 N–H and O–H groups in total. The summed E-state index contributed by atoms with van der Waals surface area (Å²) < 4.78 is 152. The van der Waals surface area contributed by atoms with Gasteiger partial charge in [-0.3, -0.25) is 9.59 Å². The van der Waals surface area contributed by atoms with Crippen LogP contribution < -0.4 is 15.4 Å². The van der Waals surface area contributed by atoms with Gasteiger partial charge < -0.3 is 15.4 Å². The number of aryl methyl sites for hydroxylation is 1. The Morgan fingerprint density at radius 2 is 1.40 bits per heavy atom. The first kappa shape index (κ1) is 32.4. The molecule has 42 heavy (non-hydrogen) atoms. The predicted octanol–water partition coefficient (Wildman–Crippen LogP) is 7.88. The van der Waals surface area contributed by atoms with E-state index in [1.807, 2.05) is 0 Å². The maximum Gasteiger partial charge on any atom is 0.573 e. The molecule has 226 valence electrons. The van der Waals surface area contributed by atoms with Gasteiger partial charge in [-0.2, -0.15) is 26.3 Å². The second-order valence-corrected chi connectivity index (χ2v) is 8.64. The van der Waals surface area contributed by atoms with E-state index >= 15 is 4.39 Å². The average Bonchev–Trinajstić information content (AvgIpc) is 2.84. The standard InChI is InChI=1S/C24H13ClF11N3O3/c1-10-8-11(21(27,22(28,29)30)23(31,32)33)9-15(42-24(34,35)36)17(10)39-19(40)12-4-2-6-14(16(12)26)38-20(41)13-5-3-7-37-18(13)25/h2-9H,1H3,(H,38,41)(H,39,40). The molecular weight excluding hydrogens is 623 g/mol. The van der Waals surface area contributed by atoms with Crippen LogP contribution in [0.5, 0.6) is 5.75 Å². The summed E-state index contributed by atoms with van der Waals surface area (Å²) >= 11 is 5.79. The molecule has 2 amide bonds. The van der Waals surface area contributed by atoms with Gasteiger partial charge in [-0.1, -0.05) is 17.7 Å². The van der Waals surface area contributed by atoms with Gasteiger partial charge in [0.1, 0.15) is 5.15 Å². The highest BCUT2D eigenvalue weighted by molar-refractivity contribution is 6.33. The van der Waals surface area contributed by atoms with Crippen molar-refractivity contribution in [1.29, 1.82) is 0 Å². The van der Waals surface area contributed by atoms with Crippen LogP contribution in [0.25, 0.3) is 0 Å². The van der Waals surface area contributed by atoms with Gasteiger partial charge in [-0.25, -0.2) is 13.8 Å². The van der Waals surface area contributed by atoms with Gasteiger partial charge in [0, 0.05) is 11.8 Å². The van der Waals surface area contributed by atoms with E-state index < -0.39 is 81.9 Å². The summed E-state index contributed by atoms with van der Waals surface area (Å²) in [5, 5.41) is 3.52. The van der Waals surface area contributed by atoms with Crippen molar-refractivity contribution >= 4 is 34.8 Å². The molecular formula is C24H13ClF11N3O3. The Balaban J connectivity index is 2.05. The van der Waals surface area contributed by atoms with Crippen molar-refractivity contribution in [2.45, 2.75) is 31.3 Å². The maximum atomic E-state index is 15.1. The summed E-state index contributed by atoms with van der Waals surface area (Å²) in [5.74, 6) is -5.88. The first-order valence-electron chi connectivity index (χ1n) is 10.9. The number of anilines is 2. The number of alkyl halides is 10. The van der Waals surface area contributed by atoms with Crippen molar-refractivity contribution in [1.82, 2.24) is 4.98 Å². The molecule has 0 radical (unpaired) electrons. The molecule has 0 fully saturated rings. The van der Waals surface area contributed by atoms with Crippen molar-refractivity contribution in [2.24, 2.45) is 0 Å². The van der Waals surface area contributed by atoms with Crippen molar-refractivity contribution in [3.8, 4) is 5.75 Å². The minimum Gasteiger partial charge on any atom is -0.404 e. The zero-order valence-corrected chi connectivity index (χ0v) is 21.1. The average molecular weight is 636 g/mol. The van der Waals surface area contributed by atoms with Crippen LogP contribution in [0.15, 0.2) is 48.7 Å². The van der Waals surface area contributed by atoms with Gasteiger partial charge in [0.05, 0.1) is 22.5 Å². The number of nitrogens with zero attached hydrogens (tertiary/aromatic N) is 1. The minimum atomic E-state index is -6.67. The van der Waals surface area contributed by atoms with E-state index in [-0.39, 0.29) is 16.8 Å². The van der Waals surface area contributed by atoms with Crippen molar-refractivity contribution in [3.05, 3.63) is 81.9 Å². The first-order valence-corrected chi connectivity index (χ1v) is 11.3. The predicted molar refractivity (Wildman–Crippen MR) is 124 cm³/mol. The van der Waals surface area contributed by atoms with Crippen LogP contribution in [0.1, 0.15) is 31.8 Å². The number of carbonyl (C=O) groups excluding carboxylic acids is 2. The molecule has 0 aliphatic rings. The van der Waals surface area contributed by atoms with Gasteiger partial charge in [0.15, 0.2) is 11.6 Å². The van der Waals surface area contributed by atoms with Crippen LogP contribution in [0.2, 0.25) is 5.15 Å². The van der Waals surface area contributed by atoms with Crippen LogP contribution >= 0.6 is 11.6 Å². The van der Waals surface area contributed by atoms with Crippen LogP contribution in [0.4, 0.5) is 59.7 Å². The number of nitrogens with one attached hydrogen (secondary N) is 2. The van der Waals surface area contributed by atoms with Gasteiger partial charge in [-0.15, -0.1) is 13.2 Å². The number of rotatable bonds is 6. The number of halogens is 12. The molecule has 0 spiro atoms. The third-order valence-corrected chi connectivity index (χ3v) is 5.74. The van der Waals surface area contributed by atoms with E-state index in [2.05, 4.69) is 15.0 Å². The van der Waals surface area contributed by atoms with Gasteiger partial charge in [-0.05, 0) is 48.9 Å². The van der Waals surface area contributed by atoms with E-state index in [0.29, 0.717) is 6.92 Å². The summed E-state index contributed by atoms with van der Waals surface area (Å²) in [7, 11) is 0. The number of aromatic nitrogens is 1. The number of carbonyl (C=O) groups is 2. The zero-order valence-electron chi connectivity index (χ0n) is 20.3. The highest BCUT2D eigenvalue weighted by atomic mass is 35.5. The number of amides is 2. The molecule has 6 nitrogen and oxygen atoms in total. The van der Waals surface area contributed by atoms with E-state index in [9.17, 15) is 53.5 Å². The van der Waals surface area contributed by atoms with E-state index in [1.54, 1.807) is 5.32 Å². The fraction of sp³-hybridized carbons (Fsp3) is 0.208. The second-order valence-electron chi connectivity index (χ2n) is 8.29. The highest BCUT2D eigenvalue weighted by Gasteiger charge is 2.73. The van der Waals surface area contributed by atoms with Crippen LogP contribution in [0.3, 0.4) is 0 Å². The van der Waals surface area contributed by atoms with Crippen LogP contribution in [-0.4, -0.2) is 35.5 Å². The number of pyridine rings is 1. The smallest absolute Gasteiger partial charge is 0.404 e. The number of benzene rings is 2. The molecule has 0 unspecified atom stereocenters. The molecule has 3 rings (SSSR count). The molecule has 1 heterocycles. The molecule has 0 aliphatic heterocycles. The summed E-state index contributed by atoms with van der Waals surface area (Å²) in [6.07, 6.45) is -17.9. The molecule has 2 aromatic carbocycles. The Labute approximate surface area is 232 Å². The van der Waals surface area contributed by atoms with Crippen molar-refractivity contribution in [2.75, 3.05) is 10.6 Å². The number of hydrogen-bond acceptors (Lipinski definition) is 4. The fourth-order valence-electron chi connectivity index (χ4n) is 3.54. The summed E-state index contributed by atoms with van der Waals surface area (Å²) in [5.41, 5.74) is -12.4. The van der Waals surface area contributed by atoms with Gasteiger partial charge in [0.2, 0.25) is 0 Å². The lowest BCUT2D eigenvalue weighted by atomic mass is 9.92. The fourth-order valence-corrected chi connectivity index (χ4v) is 3.74. The topological polar surface area (TPSA) is 80.3 Å². The largest absolute Gasteiger partial charge is 0.573 e. The van der Waals surface area contributed by atoms with Gasteiger partial charge in [0.25, 0.3) is 11.8 Å². The summed E-state index contributed by atoms with van der Waals surface area (Å²) in [6, 6.07) is 4.67. The van der Waals surface area contributed by atoms with Crippen LogP contribution in [0, 0.1) is 12.7 Å². The Kier molecular flexibility index (Phi) is 8.68. The first-order chi connectivity index (χ1) is 19.2. The van der Waals surface area contributed by atoms with E-state index in [1.165, 1.54) is 18.3 Å². The Morgan fingerprint density at radius 1 is 0.833 bits per heavy atom. The van der Waals surface area contributed by atoms with Crippen molar-refractivity contribution in [3.63, 3.8) is 0 Å². The Hall–Kier alpha value is -4.15. The Morgan fingerprint density at radius 3 is 1.95 bits per heavy atom. The van der Waals surface area contributed by atoms with Crippen LogP contribution in [-0.2, 0) is 5.67 Å². The maximum absolute atomic E-state index is 15.1. The zero-order chi connectivity index (χ0) is 31.8. The highest BCUT2D eigenvalue weighted by Crippen LogP contribution is 2.54. The second kappa shape index (κ2) is 11.3. The SMILES string of the molecule is Cc1cc(C(F)(C(F)(F)F)C(F)(F)F)cc(OC(F)(F)F)c1NC(=O)c1cccc(NC(=O)c2cccnc2Cl)c1F. The Bertz CT molecular complexity index is 1510. The van der Waals surface area contributed by atoms with Gasteiger partial charge >= 0.3 is 24.4 Å². The lowest BCUT2D eigenvalue weighted by Gasteiger charge is -2.31. The third kappa shape index (κ3) is 6.50. The minimum absolute atomic E-state index is 0.107. The lowest BCUT2D eigenvalue weighted by molar-refractivity contribution is -0.348. The molecule has 0 aliphatic carbocycles. The molecule has 0 atom stereocenters. The monoisotopic (exact) mass is 635 g/mol. The normalized spacial score (nSPS) is 12.6. The number of ether oxygens (including phenoxy) is 1. The molecule has 0 saturated heterocycles. The van der Waals surface area contributed by atoms with E-state index in [0.717, 1.165) is 18.2 Å². The molecule has 3 aromatic rings. The quantitative estimate of drug-likeness (QED) is 0.213. The lowest BCUT2D eigenvalue weighted by Crippen LogP contribution is -2.50. The summed E-state index contributed by atoms with van der Waals surface area (Å²) in [4.78, 5) is 28.9. The summed E-state index contributed by atoms with van der Waals surface area (Å²) in [6.45, 7) is 0.639.